The minimum Gasteiger partial charge on any atom is -0.273 e. The van der Waals surface area contributed by atoms with E-state index in [9.17, 15) is 14.4 Å². The lowest BCUT2D eigenvalue weighted by molar-refractivity contribution is -0.122. The van der Waals surface area contributed by atoms with Crippen LogP contribution in [0.5, 0.6) is 0 Å². The minimum absolute atomic E-state index is 0.0823. The highest BCUT2D eigenvalue weighted by molar-refractivity contribution is 9.10. The molecule has 0 aliphatic carbocycles. The number of anilines is 1. The van der Waals surface area contributed by atoms with Gasteiger partial charge in [0.2, 0.25) is 0 Å². The summed E-state index contributed by atoms with van der Waals surface area (Å²) in [6.07, 6.45) is 1.48. The Balaban J connectivity index is 2.03. The lowest BCUT2D eigenvalue weighted by atomic mass is 10.1. The van der Waals surface area contributed by atoms with Gasteiger partial charge in [0.25, 0.3) is 11.8 Å². The molecule has 1 aliphatic heterocycles. The molecule has 3 rings (SSSR count). The third-order valence-electron chi connectivity index (χ3n) is 3.75. The third-order valence-corrected chi connectivity index (χ3v) is 4.28. The number of amides is 4. The maximum Gasteiger partial charge on any atom is 0.335 e. The number of rotatable bonds is 2. The Bertz CT molecular complexity index is 897. The van der Waals surface area contributed by atoms with Crippen molar-refractivity contribution in [2.24, 2.45) is 0 Å². The Morgan fingerprint density at radius 2 is 1.56 bits per heavy atom. The second kappa shape index (κ2) is 6.64. The number of carbonyl (C=O) groups is 3. The molecule has 4 amide bonds. The number of benzene rings is 2. The summed E-state index contributed by atoms with van der Waals surface area (Å²) in [5.41, 5.74) is 2.89. The maximum atomic E-state index is 12.8. The number of aryl methyl sites for hydroxylation is 2. The summed E-state index contributed by atoms with van der Waals surface area (Å²) < 4.78 is 0.890. The molecular formula is C19H15BrN2O3. The quantitative estimate of drug-likeness (QED) is 0.618. The van der Waals surface area contributed by atoms with Gasteiger partial charge in [-0.15, -0.1) is 0 Å². The lowest BCUT2D eigenvalue weighted by Gasteiger charge is -2.27. The molecule has 0 radical (unpaired) electrons. The number of imide groups is 2. The molecule has 2 aromatic rings. The summed E-state index contributed by atoms with van der Waals surface area (Å²) in [6, 6.07) is 11.8. The van der Waals surface area contributed by atoms with E-state index >= 15 is 0 Å². The summed E-state index contributed by atoms with van der Waals surface area (Å²) in [5.74, 6) is -1.33. The molecule has 5 nitrogen and oxygen atoms in total. The normalized spacial score (nSPS) is 16.4. The van der Waals surface area contributed by atoms with Crippen LogP contribution >= 0.6 is 15.9 Å². The van der Waals surface area contributed by atoms with Gasteiger partial charge in [-0.25, -0.2) is 9.69 Å². The topological polar surface area (TPSA) is 66.5 Å². The number of carbonyl (C=O) groups excluding carboxylic acids is 3. The first-order valence-electron chi connectivity index (χ1n) is 7.60. The molecule has 0 atom stereocenters. The standard InChI is InChI=1S/C19H15BrN2O3/c1-11-7-12(2)9-15(8-11)22-18(24)16(17(23)21-19(22)25)10-13-3-5-14(20)6-4-13/h3-10H,1-2H3,(H,21,23,25)/b16-10+. The van der Waals surface area contributed by atoms with Crippen molar-refractivity contribution < 1.29 is 14.4 Å². The number of nitrogens with one attached hydrogen (secondary N) is 1. The molecule has 0 bridgehead atoms. The Morgan fingerprint density at radius 3 is 2.16 bits per heavy atom. The van der Waals surface area contributed by atoms with Crippen molar-refractivity contribution in [3.63, 3.8) is 0 Å². The van der Waals surface area contributed by atoms with Gasteiger partial charge in [-0.1, -0.05) is 34.1 Å². The van der Waals surface area contributed by atoms with Gasteiger partial charge in [-0.3, -0.25) is 14.9 Å². The van der Waals surface area contributed by atoms with E-state index in [0.29, 0.717) is 11.3 Å². The number of nitrogens with zero attached hydrogens (tertiary/aromatic N) is 1. The van der Waals surface area contributed by atoms with Crippen molar-refractivity contribution >= 4 is 45.5 Å². The molecule has 0 unspecified atom stereocenters. The van der Waals surface area contributed by atoms with Gasteiger partial charge < -0.3 is 0 Å². The first-order chi connectivity index (χ1) is 11.8. The van der Waals surface area contributed by atoms with Crippen molar-refractivity contribution in [3.8, 4) is 0 Å². The van der Waals surface area contributed by atoms with Crippen molar-refractivity contribution in [3.05, 3.63) is 69.2 Å². The summed E-state index contributed by atoms with van der Waals surface area (Å²) >= 11 is 3.34. The molecule has 1 aliphatic rings. The Hall–Kier alpha value is -2.73. The van der Waals surface area contributed by atoms with Gasteiger partial charge in [0.15, 0.2) is 0 Å². The molecule has 6 heteroatoms. The van der Waals surface area contributed by atoms with Gasteiger partial charge in [-0.05, 0) is 60.9 Å². The SMILES string of the molecule is Cc1cc(C)cc(N2C(=O)NC(=O)/C(=C\c3ccc(Br)cc3)C2=O)c1. The van der Waals surface area contributed by atoms with E-state index in [0.717, 1.165) is 20.5 Å². The third kappa shape index (κ3) is 3.53. The smallest absolute Gasteiger partial charge is 0.273 e. The van der Waals surface area contributed by atoms with Gasteiger partial charge >= 0.3 is 6.03 Å². The average molecular weight is 399 g/mol. The predicted octanol–water partition coefficient (Wildman–Crippen LogP) is 3.73. The Kier molecular flexibility index (Phi) is 4.55. The Labute approximate surface area is 153 Å². The van der Waals surface area contributed by atoms with Gasteiger partial charge in [-0.2, -0.15) is 0 Å². The van der Waals surface area contributed by atoms with Crippen LogP contribution in [-0.4, -0.2) is 17.8 Å². The molecule has 1 fully saturated rings. The molecule has 25 heavy (non-hydrogen) atoms. The molecule has 0 saturated carbocycles. The molecule has 1 saturated heterocycles. The average Bonchev–Trinajstić information content (AvgIpc) is 2.52. The highest BCUT2D eigenvalue weighted by Crippen LogP contribution is 2.24. The fraction of sp³-hybridized carbons (Fsp3) is 0.105. The van der Waals surface area contributed by atoms with E-state index in [1.165, 1.54) is 6.08 Å². The van der Waals surface area contributed by atoms with Gasteiger partial charge in [0.1, 0.15) is 5.57 Å². The van der Waals surface area contributed by atoms with E-state index in [4.69, 9.17) is 0 Å². The Morgan fingerprint density at radius 1 is 0.960 bits per heavy atom. The van der Waals surface area contributed by atoms with Gasteiger partial charge in [0.05, 0.1) is 5.69 Å². The van der Waals surface area contributed by atoms with Crippen LogP contribution in [0.1, 0.15) is 16.7 Å². The number of halogens is 1. The van der Waals surface area contributed by atoms with Crippen LogP contribution in [0, 0.1) is 13.8 Å². The highest BCUT2D eigenvalue weighted by atomic mass is 79.9. The van der Waals surface area contributed by atoms with Crippen LogP contribution < -0.4 is 10.2 Å². The second-order valence-corrected chi connectivity index (χ2v) is 6.77. The molecule has 126 valence electrons. The summed E-state index contributed by atoms with van der Waals surface area (Å²) in [4.78, 5) is 38.2. The lowest BCUT2D eigenvalue weighted by Crippen LogP contribution is -2.54. The minimum atomic E-state index is -0.743. The zero-order chi connectivity index (χ0) is 18.1. The van der Waals surface area contributed by atoms with E-state index in [1.807, 2.05) is 32.0 Å². The molecule has 1 N–H and O–H groups in total. The fourth-order valence-corrected chi connectivity index (χ4v) is 2.96. The number of hydrogen-bond donors (Lipinski definition) is 1. The molecular weight excluding hydrogens is 384 g/mol. The number of barbiturate groups is 1. The summed E-state index contributed by atoms with van der Waals surface area (Å²) in [7, 11) is 0. The van der Waals surface area contributed by atoms with Crippen LogP contribution in [0.2, 0.25) is 0 Å². The largest absolute Gasteiger partial charge is 0.335 e. The van der Waals surface area contributed by atoms with Gasteiger partial charge in [0, 0.05) is 4.47 Å². The molecule has 0 spiro atoms. The predicted molar refractivity (Wildman–Crippen MR) is 99.1 cm³/mol. The van der Waals surface area contributed by atoms with E-state index in [1.54, 1.807) is 24.3 Å². The molecule has 0 aromatic heterocycles. The number of urea groups is 1. The van der Waals surface area contributed by atoms with Crippen LogP contribution in [0.4, 0.5) is 10.5 Å². The summed E-state index contributed by atoms with van der Waals surface area (Å²) in [5, 5.41) is 2.23. The highest BCUT2D eigenvalue weighted by Gasteiger charge is 2.36. The molecule has 1 heterocycles. The monoisotopic (exact) mass is 398 g/mol. The fourth-order valence-electron chi connectivity index (χ4n) is 2.70. The van der Waals surface area contributed by atoms with Crippen LogP contribution in [0.15, 0.2) is 52.5 Å². The van der Waals surface area contributed by atoms with Crippen molar-refractivity contribution in [2.45, 2.75) is 13.8 Å². The van der Waals surface area contributed by atoms with E-state index in [-0.39, 0.29) is 5.57 Å². The van der Waals surface area contributed by atoms with Crippen LogP contribution in [0.3, 0.4) is 0 Å². The van der Waals surface area contributed by atoms with Crippen molar-refractivity contribution in [1.29, 1.82) is 0 Å². The first-order valence-corrected chi connectivity index (χ1v) is 8.40. The van der Waals surface area contributed by atoms with E-state index < -0.39 is 17.8 Å². The van der Waals surface area contributed by atoms with Crippen molar-refractivity contribution in [1.82, 2.24) is 5.32 Å². The molecule has 2 aromatic carbocycles. The second-order valence-electron chi connectivity index (χ2n) is 5.86. The first kappa shape index (κ1) is 17.1. The number of hydrogen-bond acceptors (Lipinski definition) is 3. The van der Waals surface area contributed by atoms with Crippen molar-refractivity contribution in [2.75, 3.05) is 4.90 Å². The zero-order valence-electron chi connectivity index (χ0n) is 13.7. The maximum absolute atomic E-state index is 12.8. The van der Waals surface area contributed by atoms with Crippen LogP contribution in [-0.2, 0) is 9.59 Å². The van der Waals surface area contributed by atoms with E-state index in [2.05, 4.69) is 21.2 Å². The summed E-state index contributed by atoms with van der Waals surface area (Å²) in [6.45, 7) is 3.76. The zero-order valence-corrected chi connectivity index (χ0v) is 15.3. The van der Waals surface area contributed by atoms with Crippen LogP contribution in [0.25, 0.3) is 6.08 Å².